The monoisotopic (exact) mass is 467 g/mol. The molecule has 1 aliphatic heterocycles. The summed E-state index contributed by atoms with van der Waals surface area (Å²) in [7, 11) is 2.00. The van der Waals surface area contributed by atoms with E-state index in [1.807, 2.05) is 7.05 Å². The smallest absolute Gasteiger partial charge is 0.329 e. The SMILES string of the molecule is CCCCCCCCc1cc2c(cc1Br)C[C@@H](CO)OC(=O)[C@H](CCCC)N2C. The Morgan fingerprint density at radius 2 is 1.79 bits per heavy atom. The first-order chi connectivity index (χ1) is 14.0. The molecule has 1 aromatic rings. The number of aryl methyl sites for hydroxylation is 1. The lowest BCUT2D eigenvalue weighted by molar-refractivity contribution is -0.153. The number of rotatable bonds is 11. The Kier molecular flexibility index (Phi) is 10.5. The number of carbonyl (C=O) groups excluding carboxylic acids is 1. The summed E-state index contributed by atoms with van der Waals surface area (Å²) in [5.74, 6) is -0.217. The third-order valence-corrected chi connectivity index (χ3v) is 6.67. The van der Waals surface area contributed by atoms with Gasteiger partial charge >= 0.3 is 5.97 Å². The van der Waals surface area contributed by atoms with Crippen LogP contribution in [0.1, 0.15) is 82.8 Å². The van der Waals surface area contributed by atoms with Gasteiger partial charge in [-0.25, -0.2) is 4.79 Å². The lowest BCUT2D eigenvalue weighted by Crippen LogP contribution is -2.44. The molecule has 1 heterocycles. The third kappa shape index (κ3) is 6.99. The van der Waals surface area contributed by atoms with Gasteiger partial charge in [-0.3, -0.25) is 0 Å². The Bertz CT molecular complexity index is 649. The van der Waals surface area contributed by atoms with Crippen molar-refractivity contribution in [2.45, 2.75) is 96.6 Å². The van der Waals surface area contributed by atoms with Crippen LogP contribution in [0.3, 0.4) is 0 Å². The highest BCUT2D eigenvalue weighted by Crippen LogP contribution is 2.34. The molecule has 0 saturated heterocycles. The summed E-state index contributed by atoms with van der Waals surface area (Å²) < 4.78 is 6.73. The van der Waals surface area contributed by atoms with Crippen molar-refractivity contribution >= 4 is 27.6 Å². The molecule has 2 rings (SSSR count). The molecule has 0 amide bonds. The van der Waals surface area contributed by atoms with E-state index in [-0.39, 0.29) is 18.6 Å². The number of esters is 1. The number of carbonyl (C=O) groups is 1. The molecule has 0 aliphatic carbocycles. The number of halogens is 1. The van der Waals surface area contributed by atoms with E-state index in [2.05, 4.69) is 46.8 Å². The van der Waals surface area contributed by atoms with Crippen molar-refractivity contribution in [1.29, 1.82) is 0 Å². The van der Waals surface area contributed by atoms with Crippen LogP contribution in [0.2, 0.25) is 0 Å². The Labute approximate surface area is 185 Å². The minimum atomic E-state index is -0.476. The number of likely N-dealkylation sites (N-methyl/N-ethyl adjacent to an activating group) is 1. The fourth-order valence-electron chi connectivity index (χ4n) is 4.09. The highest BCUT2D eigenvalue weighted by Gasteiger charge is 2.31. The van der Waals surface area contributed by atoms with Crippen LogP contribution in [0.25, 0.3) is 0 Å². The van der Waals surface area contributed by atoms with E-state index < -0.39 is 6.10 Å². The quantitative estimate of drug-likeness (QED) is 0.329. The second kappa shape index (κ2) is 12.6. The summed E-state index contributed by atoms with van der Waals surface area (Å²) in [6, 6.07) is 4.11. The van der Waals surface area contributed by atoms with Gasteiger partial charge in [0.2, 0.25) is 0 Å². The van der Waals surface area contributed by atoms with E-state index in [9.17, 15) is 9.90 Å². The zero-order valence-corrected chi connectivity index (χ0v) is 20.0. The molecule has 0 saturated carbocycles. The lowest BCUT2D eigenvalue weighted by Gasteiger charge is -2.35. The van der Waals surface area contributed by atoms with Crippen LogP contribution in [0.5, 0.6) is 0 Å². The fourth-order valence-corrected chi connectivity index (χ4v) is 4.68. The second-order valence-corrected chi connectivity index (χ2v) is 9.16. The van der Waals surface area contributed by atoms with Gasteiger partial charge in [0.25, 0.3) is 0 Å². The molecule has 2 atom stereocenters. The van der Waals surface area contributed by atoms with E-state index in [0.29, 0.717) is 6.42 Å². The summed E-state index contributed by atoms with van der Waals surface area (Å²) in [6.07, 6.45) is 11.6. The van der Waals surface area contributed by atoms with Gasteiger partial charge in [0.1, 0.15) is 12.1 Å². The molecule has 164 valence electrons. The number of unbranched alkanes of at least 4 members (excludes halogenated alkanes) is 6. The summed E-state index contributed by atoms with van der Waals surface area (Å²) >= 11 is 3.76. The van der Waals surface area contributed by atoms with Gasteiger partial charge in [-0.2, -0.15) is 0 Å². The summed E-state index contributed by atoms with van der Waals surface area (Å²) in [4.78, 5) is 14.8. The van der Waals surface area contributed by atoms with Gasteiger partial charge in [0.05, 0.1) is 6.61 Å². The standard InChI is InChI=1S/C24H38BrNO3/c1-4-6-8-9-10-11-12-18-16-23-19(15-21(18)25)14-20(17-27)29-24(28)22(26(23)3)13-7-5-2/h15-16,20,22,27H,4-14,17H2,1-3H3/t20-,22-/m0/s1. The molecular weight excluding hydrogens is 430 g/mol. The van der Waals surface area contributed by atoms with Gasteiger partial charge in [0, 0.05) is 23.6 Å². The number of aliphatic hydroxyl groups excluding tert-OH is 1. The molecule has 1 N–H and O–H groups in total. The maximum absolute atomic E-state index is 12.7. The highest BCUT2D eigenvalue weighted by atomic mass is 79.9. The number of benzene rings is 1. The molecule has 0 radical (unpaired) electrons. The maximum atomic E-state index is 12.7. The van der Waals surface area contributed by atoms with Crippen LogP contribution in [0, 0.1) is 0 Å². The summed E-state index contributed by atoms with van der Waals surface area (Å²) in [5, 5.41) is 9.71. The second-order valence-electron chi connectivity index (χ2n) is 8.30. The van der Waals surface area contributed by atoms with Crippen LogP contribution in [-0.4, -0.2) is 36.9 Å². The Hall–Kier alpha value is -1.07. The van der Waals surface area contributed by atoms with Crippen molar-refractivity contribution in [3.05, 3.63) is 27.7 Å². The topological polar surface area (TPSA) is 49.8 Å². The molecule has 1 aliphatic rings. The Morgan fingerprint density at radius 3 is 2.48 bits per heavy atom. The lowest BCUT2D eigenvalue weighted by atomic mass is 9.97. The van der Waals surface area contributed by atoms with Crippen LogP contribution >= 0.6 is 15.9 Å². The van der Waals surface area contributed by atoms with Crippen molar-refractivity contribution < 1.29 is 14.6 Å². The van der Waals surface area contributed by atoms with E-state index >= 15 is 0 Å². The first-order valence-electron chi connectivity index (χ1n) is 11.4. The highest BCUT2D eigenvalue weighted by molar-refractivity contribution is 9.10. The molecule has 4 nitrogen and oxygen atoms in total. The Morgan fingerprint density at radius 1 is 1.10 bits per heavy atom. The number of aliphatic hydroxyl groups is 1. The average molecular weight is 468 g/mol. The van der Waals surface area contributed by atoms with Crippen molar-refractivity contribution in [2.75, 3.05) is 18.6 Å². The average Bonchev–Trinajstić information content (AvgIpc) is 2.70. The number of ether oxygens (including phenoxy) is 1. The van der Waals surface area contributed by atoms with Gasteiger partial charge < -0.3 is 14.7 Å². The van der Waals surface area contributed by atoms with E-state index in [1.165, 1.54) is 44.1 Å². The van der Waals surface area contributed by atoms with Crippen molar-refractivity contribution in [3.63, 3.8) is 0 Å². The van der Waals surface area contributed by atoms with Gasteiger partial charge in [-0.05, 0) is 42.5 Å². The van der Waals surface area contributed by atoms with E-state index in [1.54, 1.807) is 0 Å². The van der Waals surface area contributed by atoms with E-state index in [0.717, 1.165) is 41.4 Å². The zero-order chi connectivity index (χ0) is 21.2. The van der Waals surface area contributed by atoms with Crippen LogP contribution in [-0.2, 0) is 22.4 Å². The molecule has 0 fully saturated rings. The normalized spacial score (nSPS) is 19.5. The van der Waals surface area contributed by atoms with Gasteiger partial charge in [0.15, 0.2) is 0 Å². The maximum Gasteiger partial charge on any atom is 0.329 e. The summed E-state index contributed by atoms with van der Waals surface area (Å²) in [5.41, 5.74) is 3.53. The first kappa shape index (κ1) is 24.2. The molecule has 29 heavy (non-hydrogen) atoms. The molecular formula is C24H38BrNO3. The molecule has 1 aromatic carbocycles. The number of hydrogen-bond acceptors (Lipinski definition) is 4. The molecule has 0 spiro atoms. The molecule has 0 unspecified atom stereocenters. The van der Waals surface area contributed by atoms with E-state index in [4.69, 9.17) is 4.74 Å². The van der Waals surface area contributed by atoms with Gasteiger partial charge in [-0.15, -0.1) is 0 Å². The van der Waals surface area contributed by atoms with Crippen LogP contribution < -0.4 is 4.90 Å². The van der Waals surface area contributed by atoms with Crippen molar-refractivity contribution in [3.8, 4) is 0 Å². The van der Waals surface area contributed by atoms with Crippen molar-refractivity contribution in [2.24, 2.45) is 0 Å². The minimum absolute atomic E-state index is 0.146. The first-order valence-corrected chi connectivity index (χ1v) is 12.2. The fraction of sp³-hybridized carbons (Fsp3) is 0.708. The van der Waals surface area contributed by atoms with Crippen LogP contribution in [0.15, 0.2) is 16.6 Å². The number of fused-ring (bicyclic) bond motifs is 1. The zero-order valence-electron chi connectivity index (χ0n) is 18.4. The minimum Gasteiger partial charge on any atom is -0.458 e. The number of hydrogen-bond donors (Lipinski definition) is 1. The summed E-state index contributed by atoms with van der Waals surface area (Å²) in [6.45, 7) is 4.23. The molecule has 5 heteroatoms. The predicted molar refractivity (Wildman–Crippen MR) is 124 cm³/mol. The number of cyclic esters (lactones) is 1. The number of nitrogens with zero attached hydrogens (tertiary/aromatic N) is 1. The predicted octanol–water partition coefficient (Wildman–Crippen LogP) is 5.81. The molecule has 0 bridgehead atoms. The third-order valence-electron chi connectivity index (χ3n) is 5.93. The van der Waals surface area contributed by atoms with Crippen LogP contribution in [0.4, 0.5) is 5.69 Å². The molecule has 0 aromatic heterocycles. The van der Waals surface area contributed by atoms with Gasteiger partial charge in [-0.1, -0.05) is 74.7 Å². The Balaban J connectivity index is 2.21. The van der Waals surface area contributed by atoms with Crippen molar-refractivity contribution in [1.82, 2.24) is 0 Å². The largest absolute Gasteiger partial charge is 0.458 e. The number of anilines is 1.